The van der Waals surface area contributed by atoms with Gasteiger partial charge in [0.2, 0.25) is 0 Å². The van der Waals surface area contributed by atoms with Crippen LogP contribution < -0.4 is 10.1 Å². The maximum Gasteiger partial charge on any atom is 0.387 e. The van der Waals surface area contributed by atoms with Crippen LogP contribution in [-0.2, 0) is 4.79 Å². The molecule has 1 N–H and O–H groups in total. The molecule has 1 aromatic carbocycles. The molecule has 0 spiro atoms. The molecule has 1 aromatic rings. The summed E-state index contributed by atoms with van der Waals surface area (Å²) in [6.07, 6.45) is 5.68. The summed E-state index contributed by atoms with van der Waals surface area (Å²) in [5.74, 6) is 0.0266. The van der Waals surface area contributed by atoms with Crippen LogP contribution in [0.4, 0.5) is 8.78 Å². The fourth-order valence-corrected chi connectivity index (χ4v) is 2.84. The predicted octanol–water partition coefficient (Wildman–Crippen LogP) is 3.89. The number of amides is 1. The highest BCUT2D eigenvalue weighted by Crippen LogP contribution is 2.24. The van der Waals surface area contributed by atoms with Crippen molar-refractivity contribution in [3.05, 3.63) is 35.4 Å². The third-order valence-electron chi connectivity index (χ3n) is 4.21. The van der Waals surface area contributed by atoms with Crippen LogP contribution in [0.5, 0.6) is 5.75 Å². The molecule has 1 aliphatic carbocycles. The summed E-state index contributed by atoms with van der Waals surface area (Å²) in [7, 11) is 0. The number of hydrogen-bond acceptors (Lipinski definition) is 3. The first kappa shape index (κ1) is 17.9. The molecule has 128 valence electrons. The maximum absolute atomic E-state index is 12.3. The zero-order valence-electron chi connectivity index (χ0n) is 13.5. The van der Waals surface area contributed by atoms with E-state index in [0.29, 0.717) is 11.5 Å². The molecule has 0 bridgehead atoms. The van der Waals surface area contributed by atoms with Gasteiger partial charge >= 0.3 is 6.61 Å². The lowest BCUT2D eigenvalue weighted by Crippen LogP contribution is -2.41. The van der Waals surface area contributed by atoms with Crippen molar-refractivity contribution in [2.24, 2.45) is 5.92 Å². The van der Waals surface area contributed by atoms with Crippen LogP contribution in [0.2, 0.25) is 0 Å². The Kier molecular flexibility index (Phi) is 6.30. The number of ether oxygens (including phenoxy) is 1. The predicted molar refractivity (Wildman–Crippen MR) is 86.2 cm³/mol. The number of nitrogens with one attached hydrogen (secondary N) is 1. The normalized spacial score (nSPS) is 21.2. The molecule has 1 fully saturated rings. The average Bonchev–Trinajstić information content (AvgIpc) is 2.55. The standard InChI is InChI=1S/C18H20F2N2O2/c1-12-4-2-3-5-16(12)22-17(23)14(11-21)10-13-6-8-15(9-7-13)24-18(19)20/h6-10,12,16,18H,2-5H2,1H3,(H,22,23)/b14-10+/t12-,16+/m1/s1. The number of carbonyl (C=O) groups is 1. The Hall–Kier alpha value is -2.42. The zero-order valence-corrected chi connectivity index (χ0v) is 13.5. The molecule has 0 unspecified atom stereocenters. The first-order chi connectivity index (χ1) is 11.5. The van der Waals surface area contributed by atoms with E-state index in [9.17, 15) is 18.8 Å². The van der Waals surface area contributed by atoms with E-state index in [1.807, 2.05) is 6.07 Å². The minimum Gasteiger partial charge on any atom is -0.435 e. The van der Waals surface area contributed by atoms with Crippen molar-refractivity contribution < 1.29 is 18.3 Å². The van der Waals surface area contributed by atoms with Gasteiger partial charge in [0.1, 0.15) is 17.4 Å². The van der Waals surface area contributed by atoms with Crippen LogP contribution in [-0.4, -0.2) is 18.6 Å². The monoisotopic (exact) mass is 334 g/mol. The van der Waals surface area contributed by atoms with Gasteiger partial charge in [0, 0.05) is 6.04 Å². The second kappa shape index (κ2) is 8.44. The molecule has 0 aliphatic heterocycles. The van der Waals surface area contributed by atoms with Gasteiger partial charge in [0.15, 0.2) is 0 Å². The Balaban J connectivity index is 2.05. The largest absolute Gasteiger partial charge is 0.435 e. The number of nitriles is 1. The topological polar surface area (TPSA) is 62.1 Å². The number of halogens is 2. The molecule has 2 rings (SSSR count). The van der Waals surface area contributed by atoms with Crippen LogP contribution in [0.1, 0.15) is 38.2 Å². The SMILES string of the molecule is C[C@@H]1CCCC[C@@H]1NC(=O)/C(C#N)=C/c1ccc(OC(F)F)cc1. The van der Waals surface area contributed by atoms with Crippen LogP contribution in [0.25, 0.3) is 6.08 Å². The highest BCUT2D eigenvalue weighted by atomic mass is 19.3. The van der Waals surface area contributed by atoms with Crippen LogP contribution in [0.3, 0.4) is 0 Å². The van der Waals surface area contributed by atoms with Gasteiger partial charge in [-0.25, -0.2) is 0 Å². The van der Waals surface area contributed by atoms with Gasteiger partial charge in [-0.2, -0.15) is 14.0 Å². The van der Waals surface area contributed by atoms with E-state index in [4.69, 9.17) is 0 Å². The fourth-order valence-electron chi connectivity index (χ4n) is 2.84. The molecule has 0 heterocycles. The number of carbonyl (C=O) groups excluding carboxylic acids is 1. The molecule has 1 amide bonds. The number of hydrogen-bond donors (Lipinski definition) is 1. The molecule has 2 atom stereocenters. The summed E-state index contributed by atoms with van der Waals surface area (Å²) in [5.41, 5.74) is 0.565. The van der Waals surface area contributed by atoms with E-state index in [-0.39, 0.29) is 17.4 Å². The first-order valence-electron chi connectivity index (χ1n) is 7.97. The first-order valence-corrected chi connectivity index (χ1v) is 7.97. The van der Waals surface area contributed by atoms with Gasteiger partial charge in [-0.15, -0.1) is 0 Å². The molecule has 1 aliphatic rings. The zero-order chi connectivity index (χ0) is 17.5. The number of alkyl halides is 2. The minimum absolute atomic E-state index is 0.00435. The van der Waals surface area contributed by atoms with Crippen molar-refractivity contribution >= 4 is 12.0 Å². The van der Waals surface area contributed by atoms with Crippen molar-refractivity contribution in [2.45, 2.75) is 45.3 Å². The van der Waals surface area contributed by atoms with E-state index < -0.39 is 12.5 Å². The molecule has 4 nitrogen and oxygen atoms in total. The van der Waals surface area contributed by atoms with E-state index in [1.54, 1.807) is 0 Å². The average molecular weight is 334 g/mol. The molecule has 24 heavy (non-hydrogen) atoms. The molecular weight excluding hydrogens is 314 g/mol. The van der Waals surface area contributed by atoms with Gasteiger partial charge in [-0.05, 0) is 42.5 Å². The number of nitrogens with zero attached hydrogens (tertiary/aromatic N) is 1. The van der Waals surface area contributed by atoms with Crippen molar-refractivity contribution in [1.29, 1.82) is 5.26 Å². The Bertz CT molecular complexity index is 635. The highest BCUT2D eigenvalue weighted by molar-refractivity contribution is 6.01. The molecule has 1 saturated carbocycles. The summed E-state index contributed by atoms with van der Waals surface area (Å²) in [6, 6.07) is 7.76. The lowest BCUT2D eigenvalue weighted by molar-refractivity contribution is -0.118. The molecule has 0 radical (unpaired) electrons. The summed E-state index contributed by atoms with van der Waals surface area (Å²) < 4.78 is 28.5. The fraction of sp³-hybridized carbons (Fsp3) is 0.444. The summed E-state index contributed by atoms with van der Waals surface area (Å²) in [6.45, 7) is -0.786. The summed E-state index contributed by atoms with van der Waals surface area (Å²) >= 11 is 0. The maximum atomic E-state index is 12.3. The summed E-state index contributed by atoms with van der Waals surface area (Å²) in [4.78, 5) is 12.3. The smallest absolute Gasteiger partial charge is 0.387 e. The second-order valence-electron chi connectivity index (χ2n) is 5.96. The van der Waals surface area contributed by atoms with Crippen LogP contribution in [0.15, 0.2) is 29.8 Å². The third kappa shape index (κ3) is 5.05. The molecular formula is C18H20F2N2O2. The third-order valence-corrected chi connectivity index (χ3v) is 4.21. The van der Waals surface area contributed by atoms with Gasteiger partial charge in [0.05, 0.1) is 0 Å². The van der Waals surface area contributed by atoms with Gasteiger partial charge in [-0.1, -0.05) is 31.9 Å². The van der Waals surface area contributed by atoms with Gasteiger partial charge in [-0.3, -0.25) is 4.79 Å². The van der Waals surface area contributed by atoms with E-state index in [0.717, 1.165) is 19.3 Å². The molecule has 0 aromatic heterocycles. The minimum atomic E-state index is -2.88. The van der Waals surface area contributed by atoms with Crippen molar-refractivity contribution in [1.82, 2.24) is 5.32 Å². The van der Waals surface area contributed by atoms with E-state index >= 15 is 0 Å². The van der Waals surface area contributed by atoms with E-state index in [2.05, 4.69) is 17.0 Å². The summed E-state index contributed by atoms with van der Waals surface area (Å²) in [5, 5.41) is 12.1. The molecule has 6 heteroatoms. The quantitative estimate of drug-likeness (QED) is 0.656. The van der Waals surface area contributed by atoms with Crippen molar-refractivity contribution in [3.8, 4) is 11.8 Å². The Morgan fingerprint density at radius 3 is 2.58 bits per heavy atom. The number of benzene rings is 1. The Morgan fingerprint density at radius 1 is 1.33 bits per heavy atom. The van der Waals surface area contributed by atoms with Gasteiger partial charge < -0.3 is 10.1 Å². The Labute approximate surface area is 140 Å². The lowest BCUT2D eigenvalue weighted by atomic mass is 9.86. The van der Waals surface area contributed by atoms with Crippen LogP contribution in [0, 0.1) is 17.2 Å². The van der Waals surface area contributed by atoms with E-state index in [1.165, 1.54) is 36.8 Å². The van der Waals surface area contributed by atoms with Gasteiger partial charge in [0.25, 0.3) is 5.91 Å². The van der Waals surface area contributed by atoms with Crippen molar-refractivity contribution in [3.63, 3.8) is 0 Å². The second-order valence-corrected chi connectivity index (χ2v) is 5.96. The molecule has 0 saturated heterocycles. The van der Waals surface area contributed by atoms with Crippen LogP contribution >= 0.6 is 0 Å². The lowest BCUT2D eigenvalue weighted by Gasteiger charge is -2.29. The van der Waals surface area contributed by atoms with Crippen molar-refractivity contribution in [2.75, 3.05) is 0 Å². The Morgan fingerprint density at radius 2 is 2.00 bits per heavy atom. The number of rotatable bonds is 5. The highest BCUT2D eigenvalue weighted by Gasteiger charge is 2.24.